The number of nitrogens with zero attached hydrogens (tertiary/aromatic N) is 1. The molecule has 156 valence electrons. The molecule has 0 aromatic heterocycles. The molecule has 0 spiro atoms. The van der Waals surface area contributed by atoms with Crippen molar-refractivity contribution < 1.29 is 13.2 Å². The van der Waals surface area contributed by atoms with Crippen LogP contribution in [0.15, 0.2) is 48.5 Å². The molecule has 0 saturated heterocycles. The average Bonchev–Trinajstić information content (AvgIpc) is 3.44. The third kappa shape index (κ3) is 5.31. The van der Waals surface area contributed by atoms with E-state index in [9.17, 15) is 13.2 Å². The zero-order chi connectivity index (χ0) is 21.1. The number of nitrogens with one attached hydrogen (secondary N) is 1. The topological polar surface area (TPSA) is 66.5 Å². The smallest absolute Gasteiger partial charge is 0.220 e. The molecule has 2 aromatic carbocycles. The first-order chi connectivity index (χ1) is 13.7. The molecule has 1 N–H and O–H groups in total. The molecule has 2 aromatic rings. The van der Waals surface area contributed by atoms with Gasteiger partial charge in [0.1, 0.15) is 0 Å². The third-order valence-electron chi connectivity index (χ3n) is 5.16. The van der Waals surface area contributed by atoms with Gasteiger partial charge in [-0.05, 0) is 42.5 Å². The first-order valence-electron chi connectivity index (χ1n) is 9.45. The van der Waals surface area contributed by atoms with Gasteiger partial charge < -0.3 is 5.32 Å². The molecule has 29 heavy (non-hydrogen) atoms. The molecule has 0 atom stereocenters. The number of sulfonamides is 1. The lowest BCUT2D eigenvalue weighted by Gasteiger charge is -2.28. The SMILES string of the molecule is CC(=O)NCCN(Cc1ccc(Cl)cc1Cl)S(=O)(=O)C1(Cc2ccccc2)CC1. The lowest BCUT2D eigenvalue weighted by molar-refractivity contribution is -0.118. The fourth-order valence-electron chi connectivity index (χ4n) is 3.39. The number of carbonyl (C=O) groups is 1. The van der Waals surface area contributed by atoms with Gasteiger partial charge >= 0.3 is 0 Å². The van der Waals surface area contributed by atoms with Crippen molar-refractivity contribution in [2.24, 2.45) is 0 Å². The van der Waals surface area contributed by atoms with E-state index in [4.69, 9.17) is 23.2 Å². The van der Waals surface area contributed by atoms with Gasteiger partial charge in [-0.25, -0.2) is 8.42 Å². The van der Waals surface area contributed by atoms with Gasteiger partial charge in [0, 0.05) is 36.6 Å². The van der Waals surface area contributed by atoms with E-state index < -0.39 is 14.8 Å². The van der Waals surface area contributed by atoms with Gasteiger partial charge in [-0.2, -0.15) is 4.31 Å². The lowest BCUT2D eigenvalue weighted by Crippen LogP contribution is -2.44. The summed E-state index contributed by atoms with van der Waals surface area (Å²) in [4.78, 5) is 11.3. The zero-order valence-electron chi connectivity index (χ0n) is 16.2. The van der Waals surface area contributed by atoms with Crippen LogP contribution in [-0.2, 0) is 27.8 Å². The van der Waals surface area contributed by atoms with E-state index in [0.717, 1.165) is 5.56 Å². The Morgan fingerprint density at radius 1 is 1.14 bits per heavy atom. The van der Waals surface area contributed by atoms with Crippen molar-refractivity contribution in [1.82, 2.24) is 9.62 Å². The molecule has 0 heterocycles. The summed E-state index contributed by atoms with van der Waals surface area (Å²) in [5.74, 6) is -0.197. The van der Waals surface area contributed by atoms with Gasteiger partial charge in [-0.3, -0.25) is 4.79 Å². The molecule has 0 radical (unpaired) electrons. The highest BCUT2D eigenvalue weighted by atomic mass is 35.5. The monoisotopic (exact) mass is 454 g/mol. The van der Waals surface area contributed by atoms with Gasteiger partial charge in [0.15, 0.2) is 0 Å². The molecule has 5 nitrogen and oxygen atoms in total. The second-order valence-corrected chi connectivity index (χ2v) is 10.6. The average molecular weight is 455 g/mol. The van der Waals surface area contributed by atoms with Crippen molar-refractivity contribution in [2.45, 2.75) is 37.5 Å². The number of benzene rings is 2. The highest BCUT2D eigenvalue weighted by Gasteiger charge is 2.56. The number of carbonyl (C=O) groups excluding carboxylic acids is 1. The highest BCUT2D eigenvalue weighted by molar-refractivity contribution is 7.90. The van der Waals surface area contributed by atoms with E-state index in [-0.39, 0.29) is 25.5 Å². The molecule has 0 aliphatic heterocycles. The maximum absolute atomic E-state index is 13.6. The third-order valence-corrected chi connectivity index (χ3v) is 8.39. The minimum absolute atomic E-state index is 0.133. The van der Waals surface area contributed by atoms with Crippen molar-refractivity contribution in [2.75, 3.05) is 13.1 Å². The van der Waals surface area contributed by atoms with Crippen LogP contribution >= 0.6 is 23.2 Å². The Bertz CT molecular complexity index is 977. The summed E-state index contributed by atoms with van der Waals surface area (Å²) in [6.07, 6.45) is 1.71. The summed E-state index contributed by atoms with van der Waals surface area (Å²) >= 11 is 12.3. The van der Waals surface area contributed by atoms with E-state index in [0.29, 0.717) is 34.9 Å². The summed E-state index contributed by atoms with van der Waals surface area (Å²) in [7, 11) is -3.62. The number of halogens is 2. The number of rotatable bonds is 9. The quantitative estimate of drug-likeness (QED) is 0.621. The summed E-state index contributed by atoms with van der Waals surface area (Å²) in [5.41, 5.74) is 1.68. The van der Waals surface area contributed by atoms with Crippen LogP contribution in [0.2, 0.25) is 10.0 Å². The fourth-order valence-corrected chi connectivity index (χ4v) is 6.01. The number of hydrogen-bond donors (Lipinski definition) is 1. The van der Waals surface area contributed by atoms with E-state index in [2.05, 4.69) is 5.32 Å². The summed E-state index contributed by atoms with van der Waals surface area (Å²) in [5, 5.41) is 3.60. The van der Waals surface area contributed by atoms with Crippen LogP contribution < -0.4 is 5.32 Å². The van der Waals surface area contributed by atoms with Crippen LogP contribution in [0, 0.1) is 0 Å². The van der Waals surface area contributed by atoms with Crippen LogP contribution in [0.3, 0.4) is 0 Å². The van der Waals surface area contributed by atoms with Gasteiger partial charge in [-0.15, -0.1) is 0 Å². The van der Waals surface area contributed by atoms with Crippen molar-refractivity contribution >= 4 is 39.1 Å². The Labute approximate surface area is 182 Å². The van der Waals surface area contributed by atoms with E-state index >= 15 is 0 Å². The zero-order valence-corrected chi connectivity index (χ0v) is 18.5. The van der Waals surface area contributed by atoms with E-state index in [1.54, 1.807) is 18.2 Å². The Morgan fingerprint density at radius 2 is 1.83 bits per heavy atom. The van der Waals surface area contributed by atoms with Crippen LogP contribution in [0.25, 0.3) is 0 Å². The summed E-state index contributed by atoms with van der Waals surface area (Å²) in [6.45, 7) is 1.96. The molecule has 0 bridgehead atoms. The molecule has 1 saturated carbocycles. The normalized spacial score (nSPS) is 15.3. The molecular weight excluding hydrogens is 431 g/mol. The first kappa shape index (κ1) is 22.1. The van der Waals surface area contributed by atoms with Gasteiger partial charge in [0.2, 0.25) is 15.9 Å². The lowest BCUT2D eigenvalue weighted by atomic mass is 10.1. The highest BCUT2D eigenvalue weighted by Crippen LogP contribution is 2.48. The van der Waals surface area contributed by atoms with Crippen LogP contribution in [0.5, 0.6) is 0 Å². The van der Waals surface area contributed by atoms with E-state index in [1.807, 2.05) is 30.3 Å². The Kier molecular flexibility index (Phi) is 6.89. The van der Waals surface area contributed by atoms with Crippen molar-refractivity contribution in [3.8, 4) is 0 Å². The summed E-state index contributed by atoms with van der Waals surface area (Å²) in [6, 6.07) is 14.7. The second-order valence-electron chi connectivity index (χ2n) is 7.40. The van der Waals surface area contributed by atoms with Crippen molar-refractivity contribution in [3.05, 3.63) is 69.7 Å². The van der Waals surface area contributed by atoms with Gasteiger partial charge in [0.25, 0.3) is 0 Å². The van der Waals surface area contributed by atoms with Gasteiger partial charge in [-0.1, -0.05) is 59.6 Å². The molecule has 0 unspecified atom stereocenters. The maximum Gasteiger partial charge on any atom is 0.220 e. The molecular formula is C21H24Cl2N2O3S. The van der Waals surface area contributed by atoms with Crippen molar-refractivity contribution in [3.63, 3.8) is 0 Å². The van der Waals surface area contributed by atoms with Crippen LogP contribution in [-0.4, -0.2) is 36.5 Å². The van der Waals surface area contributed by atoms with Crippen molar-refractivity contribution in [1.29, 1.82) is 0 Å². The first-order valence-corrected chi connectivity index (χ1v) is 11.7. The minimum Gasteiger partial charge on any atom is -0.355 e. The van der Waals surface area contributed by atoms with Crippen LogP contribution in [0.4, 0.5) is 0 Å². The largest absolute Gasteiger partial charge is 0.355 e. The molecule has 8 heteroatoms. The molecule has 1 fully saturated rings. The fraction of sp³-hybridized carbons (Fsp3) is 0.381. The maximum atomic E-state index is 13.6. The molecule has 3 rings (SSSR count). The Balaban J connectivity index is 1.86. The number of amides is 1. The molecule has 1 amide bonds. The minimum atomic E-state index is -3.62. The predicted octanol–water partition coefficient (Wildman–Crippen LogP) is 4.04. The predicted molar refractivity (Wildman–Crippen MR) is 117 cm³/mol. The standard InChI is InChI=1S/C21H24Cl2N2O3S/c1-16(26)24-11-12-25(15-18-7-8-19(22)13-20(18)23)29(27,28)21(9-10-21)14-17-5-3-2-4-6-17/h2-8,13H,9-12,14-15H2,1H3,(H,24,26). The van der Waals surface area contributed by atoms with Crippen LogP contribution in [0.1, 0.15) is 30.9 Å². The Hall–Kier alpha value is -1.60. The second kappa shape index (κ2) is 9.04. The molecule has 1 aliphatic rings. The Morgan fingerprint density at radius 3 is 2.41 bits per heavy atom. The summed E-state index contributed by atoms with van der Waals surface area (Å²) < 4.78 is 27.9. The van der Waals surface area contributed by atoms with Gasteiger partial charge in [0.05, 0.1) is 4.75 Å². The van der Waals surface area contributed by atoms with E-state index in [1.165, 1.54) is 11.2 Å². The molecule has 1 aliphatic carbocycles. The number of hydrogen-bond acceptors (Lipinski definition) is 3.